The fraction of sp³-hybridized carbons (Fsp3) is 1.00. The minimum atomic E-state index is -0.0221. The van der Waals surface area contributed by atoms with Crippen LogP contribution in [-0.2, 0) is 0 Å². The van der Waals surface area contributed by atoms with Crippen molar-refractivity contribution in [2.75, 3.05) is 26.7 Å². The van der Waals surface area contributed by atoms with Gasteiger partial charge in [0.15, 0.2) is 0 Å². The zero-order valence-electron chi connectivity index (χ0n) is 10.0. The quantitative estimate of drug-likeness (QED) is 0.700. The Morgan fingerprint density at radius 3 is 2.33 bits per heavy atom. The van der Waals surface area contributed by atoms with E-state index in [0.717, 1.165) is 18.9 Å². The summed E-state index contributed by atoms with van der Waals surface area (Å²) in [7, 11) is 2.21. The molecule has 1 heterocycles. The second-order valence-electron chi connectivity index (χ2n) is 5.29. The predicted molar refractivity (Wildman–Crippen MR) is 61.9 cm³/mol. The molecule has 0 aromatic rings. The molecule has 0 aromatic carbocycles. The van der Waals surface area contributed by atoms with E-state index >= 15 is 0 Å². The van der Waals surface area contributed by atoms with E-state index < -0.39 is 0 Å². The lowest BCUT2D eigenvalue weighted by molar-refractivity contribution is 0.0310. The lowest BCUT2D eigenvalue weighted by Gasteiger charge is -2.43. The van der Waals surface area contributed by atoms with Crippen LogP contribution in [0.4, 0.5) is 0 Å². The summed E-state index contributed by atoms with van der Waals surface area (Å²) in [6.45, 7) is 5.92. The minimum Gasteiger partial charge on any atom is -0.393 e. The summed E-state index contributed by atoms with van der Waals surface area (Å²) in [5.74, 6) is 0. The third kappa shape index (κ3) is 2.71. The molecule has 1 aliphatic heterocycles. The Labute approximate surface area is 93.1 Å². The number of aliphatic hydroxyl groups is 1. The summed E-state index contributed by atoms with van der Waals surface area (Å²) < 4.78 is 0. The van der Waals surface area contributed by atoms with Gasteiger partial charge in [0, 0.05) is 31.7 Å². The van der Waals surface area contributed by atoms with Crippen molar-refractivity contribution in [3.63, 3.8) is 0 Å². The first kappa shape index (κ1) is 11.4. The second-order valence-corrected chi connectivity index (χ2v) is 5.29. The highest BCUT2D eigenvalue weighted by molar-refractivity contribution is 4.85. The van der Waals surface area contributed by atoms with Gasteiger partial charge in [-0.2, -0.15) is 0 Å². The van der Waals surface area contributed by atoms with Crippen LogP contribution in [-0.4, -0.2) is 59.8 Å². The van der Waals surface area contributed by atoms with Crippen LogP contribution in [0, 0.1) is 0 Å². The Morgan fingerprint density at radius 2 is 1.73 bits per heavy atom. The Hall–Kier alpha value is -0.120. The third-order valence-corrected chi connectivity index (χ3v) is 4.17. The molecule has 2 aliphatic rings. The molecule has 88 valence electrons. The van der Waals surface area contributed by atoms with Crippen LogP contribution in [0.25, 0.3) is 0 Å². The number of piperazine rings is 1. The molecule has 0 bridgehead atoms. The van der Waals surface area contributed by atoms with Crippen molar-refractivity contribution >= 4 is 0 Å². The van der Waals surface area contributed by atoms with Gasteiger partial charge >= 0.3 is 0 Å². The molecule has 2 rings (SSSR count). The van der Waals surface area contributed by atoms with Gasteiger partial charge in [0.1, 0.15) is 0 Å². The van der Waals surface area contributed by atoms with E-state index in [2.05, 4.69) is 23.8 Å². The number of aliphatic hydroxyl groups excluding tert-OH is 1. The standard InChI is InChI=1S/C12H24N2O/c1-10-9-14(8-7-13(10)2)11-3-5-12(15)6-4-11/h10-12,15H,3-9H2,1-2H3. The molecule has 0 radical (unpaired) electrons. The largest absolute Gasteiger partial charge is 0.393 e. The molecule has 1 unspecified atom stereocenters. The van der Waals surface area contributed by atoms with Gasteiger partial charge < -0.3 is 10.0 Å². The highest BCUT2D eigenvalue weighted by atomic mass is 16.3. The monoisotopic (exact) mass is 212 g/mol. The van der Waals surface area contributed by atoms with Gasteiger partial charge in [-0.25, -0.2) is 0 Å². The van der Waals surface area contributed by atoms with Crippen molar-refractivity contribution in [3.05, 3.63) is 0 Å². The molecule has 1 saturated heterocycles. The summed E-state index contributed by atoms with van der Waals surface area (Å²) in [6.07, 6.45) is 4.37. The van der Waals surface area contributed by atoms with Crippen LogP contribution in [0.3, 0.4) is 0 Å². The van der Waals surface area contributed by atoms with Gasteiger partial charge in [-0.05, 0) is 39.7 Å². The molecule has 0 amide bonds. The lowest BCUT2D eigenvalue weighted by Crippen LogP contribution is -2.54. The molecule has 15 heavy (non-hydrogen) atoms. The van der Waals surface area contributed by atoms with Gasteiger partial charge in [0.25, 0.3) is 0 Å². The highest BCUT2D eigenvalue weighted by Crippen LogP contribution is 2.24. The number of hydrogen-bond donors (Lipinski definition) is 1. The average Bonchev–Trinajstić information content (AvgIpc) is 2.23. The highest BCUT2D eigenvalue weighted by Gasteiger charge is 2.29. The van der Waals surface area contributed by atoms with Crippen molar-refractivity contribution in [2.24, 2.45) is 0 Å². The molecule has 1 aliphatic carbocycles. The van der Waals surface area contributed by atoms with Crippen LogP contribution < -0.4 is 0 Å². The maximum atomic E-state index is 9.49. The Balaban J connectivity index is 1.84. The summed E-state index contributed by atoms with van der Waals surface area (Å²) in [5, 5.41) is 9.49. The zero-order valence-corrected chi connectivity index (χ0v) is 10.0. The van der Waals surface area contributed by atoms with Crippen LogP contribution in [0.2, 0.25) is 0 Å². The topological polar surface area (TPSA) is 26.7 Å². The number of hydrogen-bond acceptors (Lipinski definition) is 3. The number of likely N-dealkylation sites (N-methyl/N-ethyl adjacent to an activating group) is 1. The van der Waals surface area contributed by atoms with Crippen LogP contribution in [0.1, 0.15) is 32.6 Å². The van der Waals surface area contributed by atoms with E-state index in [4.69, 9.17) is 0 Å². The summed E-state index contributed by atoms with van der Waals surface area (Å²) in [5.41, 5.74) is 0. The molecule has 3 heteroatoms. The third-order valence-electron chi connectivity index (χ3n) is 4.17. The number of rotatable bonds is 1. The van der Waals surface area contributed by atoms with Crippen LogP contribution in [0.5, 0.6) is 0 Å². The normalized spacial score (nSPS) is 40.6. The summed E-state index contributed by atoms with van der Waals surface area (Å²) in [6, 6.07) is 1.43. The van der Waals surface area contributed by atoms with Crippen LogP contribution >= 0.6 is 0 Å². The van der Waals surface area contributed by atoms with Crippen LogP contribution in [0.15, 0.2) is 0 Å². The van der Waals surface area contributed by atoms with Crippen molar-refractivity contribution in [3.8, 4) is 0 Å². The fourth-order valence-corrected chi connectivity index (χ4v) is 2.83. The molecule has 2 fully saturated rings. The summed E-state index contributed by atoms with van der Waals surface area (Å²) >= 11 is 0. The molecular weight excluding hydrogens is 188 g/mol. The molecule has 1 N–H and O–H groups in total. The van der Waals surface area contributed by atoms with Gasteiger partial charge in [-0.15, -0.1) is 0 Å². The van der Waals surface area contributed by atoms with Crippen molar-refractivity contribution in [2.45, 2.75) is 50.8 Å². The smallest absolute Gasteiger partial charge is 0.0541 e. The Kier molecular flexibility index (Phi) is 3.65. The molecule has 1 atom stereocenters. The van der Waals surface area contributed by atoms with Gasteiger partial charge in [0.2, 0.25) is 0 Å². The van der Waals surface area contributed by atoms with E-state index in [1.54, 1.807) is 0 Å². The molecule has 1 saturated carbocycles. The van der Waals surface area contributed by atoms with E-state index in [-0.39, 0.29) is 6.10 Å². The second kappa shape index (κ2) is 4.81. The number of nitrogens with zero attached hydrogens (tertiary/aromatic N) is 2. The maximum Gasteiger partial charge on any atom is 0.0541 e. The molecular formula is C12H24N2O. The SMILES string of the molecule is CC1CN(C2CCC(O)CC2)CCN1C. The van der Waals surface area contributed by atoms with Gasteiger partial charge in [0.05, 0.1) is 6.10 Å². The first-order valence-corrected chi connectivity index (χ1v) is 6.29. The van der Waals surface area contributed by atoms with Crippen molar-refractivity contribution in [1.82, 2.24) is 9.80 Å². The first-order chi connectivity index (χ1) is 7.16. The molecule has 0 spiro atoms. The van der Waals surface area contributed by atoms with E-state index in [0.29, 0.717) is 6.04 Å². The average molecular weight is 212 g/mol. The zero-order chi connectivity index (χ0) is 10.8. The first-order valence-electron chi connectivity index (χ1n) is 6.29. The van der Waals surface area contributed by atoms with Crippen molar-refractivity contribution in [1.29, 1.82) is 0 Å². The van der Waals surface area contributed by atoms with E-state index in [1.807, 2.05) is 0 Å². The maximum absolute atomic E-state index is 9.49. The Bertz CT molecular complexity index is 202. The summed E-state index contributed by atoms with van der Waals surface area (Å²) in [4.78, 5) is 5.07. The fourth-order valence-electron chi connectivity index (χ4n) is 2.83. The lowest BCUT2D eigenvalue weighted by atomic mass is 9.91. The van der Waals surface area contributed by atoms with E-state index in [1.165, 1.54) is 32.5 Å². The Morgan fingerprint density at radius 1 is 1.07 bits per heavy atom. The van der Waals surface area contributed by atoms with E-state index in [9.17, 15) is 5.11 Å². The molecule has 3 nitrogen and oxygen atoms in total. The molecule has 0 aromatic heterocycles. The van der Waals surface area contributed by atoms with Gasteiger partial charge in [-0.1, -0.05) is 0 Å². The predicted octanol–water partition coefficient (Wildman–Crippen LogP) is 0.926. The van der Waals surface area contributed by atoms with Gasteiger partial charge in [-0.3, -0.25) is 4.90 Å². The minimum absolute atomic E-state index is 0.0221. The van der Waals surface area contributed by atoms with Crippen molar-refractivity contribution < 1.29 is 5.11 Å².